The molecule has 0 aromatic carbocycles. The summed E-state index contributed by atoms with van der Waals surface area (Å²) in [5.41, 5.74) is 1.18. The van der Waals surface area contributed by atoms with Gasteiger partial charge in [-0.15, -0.1) is 46.7 Å². The molecule has 0 aliphatic carbocycles. The normalized spacial score (nSPS) is 18.0. The van der Waals surface area contributed by atoms with Gasteiger partial charge in [0.2, 0.25) is 0 Å². The molecule has 160 valence electrons. The number of thiophene rings is 1. The van der Waals surface area contributed by atoms with E-state index in [1.807, 2.05) is 18.4 Å². The standard InChI is InChI=1S/C20H30N6S2.HI/c1-21-19(23-16-7-12-25(13-8-16)18-5-4-14-27-18)22-9-6-17-15-28-20(24-17)26-10-2-3-11-26;/h4-5,14-16H,2-3,6-13H2,1H3,(H2,21,22,23);1H. The van der Waals surface area contributed by atoms with E-state index < -0.39 is 0 Å². The van der Waals surface area contributed by atoms with Crippen molar-refractivity contribution in [3.8, 4) is 0 Å². The molecule has 9 heteroatoms. The Hall–Kier alpha value is -1.07. The maximum absolute atomic E-state index is 4.80. The Labute approximate surface area is 198 Å². The van der Waals surface area contributed by atoms with Crippen LogP contribution >= 0.6 is 46.7 Å². The molecule has 2 fully saturated rings. The molecule has 2 aliphatic heterocycles. The van der Waals surface area contributed by atoms with Crippen LogP contribution < -0.4 is 20.4 Å². The maximum atomic E-state index is 4.80. The Morgan fingerprint density at radius 3 is 2.66 bits per heavy atom. The molecule has 0 amide bonds. The number of nitrogens with one attached hydrogen (secondary N) is 2. The van der Waals surface area contributed by atoms with E-state index in [9.17, 15) is 0 Å². The van der Waals surface area contributed by atoms with Crippen LogP contribution in [0.15, 0.2) is 27.9 Å². The van der Waals surface area contributed by atoms with Crippen molar-refractivity contribution in [1.82, 2.24) is 15.6 Å². The van der Waals surface area contributed by atoms with Gasteiger partial charge in [-0.25, -0.2) is 4.98 Å². The summed E-state index contributed by atoms with van der Waals surface area (Å²) in [4.78, 5) is 14.1. The fourth-order valence-electron chi connectivity index (χ4n) is 3.86. The first-order chi connectivity index (χ1) is 13.8. The Kier molecular flexibility index (Phi) is 8.85. The topological polar surface area (TPSA) is 55.8 Å². The van der Waals surface area contributed by atoms with Crippen molar-refractivity contribution >= 4 is 62.7 Å². The molecule has 6 nitrogen and oxygen atoms in total. The van der Waals surface area contributed by atoms with Crippen LogP contribution in [0.25, 0.3) is 0 Å². The number of anilines is 2. The summed E-state index contributed by atoms with van der Waals surface area (Å²) >= 11 is 3.61. The van der Waals surface area contributed by atoms with Gasteiger partial charge < -0.3 is 20.4 Å². The number of hydrogen-bond donors (Lipinski definition) is 2. The summed E-state index contributed by atoms with van der Waals surface area (Å²) in [5.74, 6) is 0.907. The van der Waals surface area contributed by atoms with Gasteiger partial charge in [-0.1, -0.05) is 0 Å². The Morgan fingerprint density at radius 1 is 1.17 bits per heavy atom. The second-order valence-corrected chi connectivity index (χ2v) is 9.18. The number of nitrogens with zero attached hydrogens (tertiary/aromatic N) is 4. The van der Waals surface area contributed by atoms with Gasteiger partial charge in [-0.3, -0.25) is 4.99 Å². The molecule has 2 saturated heterocycles. The summed E-state index contributed by atoms with van der Waals surface area (Å²) in [7, 11) is 1.85. The number of thiazole rings is 1. The molecular formula is C20H31IN6S2. The first-order valence-electron chi connectivity index (χ1n) is 10.3. The minimum absolute atomic E-state index is 0. The molecule has 2 aliphatic rings. The molecule has 0 unspecified atom stereocenters. The van der Waals surface area contributed by atoms with Gasteiger partial charge in [0.05, 0.1) is 10.7 Å². The molecule has 0 radical (unpaired) electrons. The number of aromatic nitrogens is 1. The van der Waals surface area contributed by atoms with Crippen LogP contribution in [0.2, 0.25) is 0 Å². The molecule has 29 heavy (non-hydrogen) atoms. The van der Waals surface area contributed by atoms with Gasteiger partial charge in [0, 0.05) is 57.6 Å². The predicted octanol–water partition coefficient (Wildman–Crippen LogP) is 3.80. The zero-order valence-electron chi connectivity index (χ0n) is 17.0. The van der Waals surface area contributed by atoms with Gasteiger partial charge in [0.25, 0.3) is 0 Å². The fraction of sp³-hybridized carbons (Fsp3) is 0.600. The molecule has 4 rings (SSSR count). The summed E-state index contributed by atoms with van der Waals surface area (Å²) in [6, 6.07) is 4.84. The Morgan fingerprint density at radius 2 is 1.97 bits per heavy atom. The highest BCUT2D eigenvalue weighted by Crippen LogP contribution is 2.25. The molecule has 0 bridgehead atoms. The van der Waals surface area contributed by atoms with Gasteiger partial charge in [-0.05, 0) is 43.2 Å². The van der Waals surface area contributed by atoms with Crippen molar-refractivity contribution in [3.05, 3.63) is 28.6 Å². The highest BCUT2D eigenvalue weighted by Gasteiger charge is 2.20. The summed E-state index contributed by atoms with van der Waals surface area (Å²) in [6.07, 6.45) is 5.81. The third kappa shape index (κ3) is 6.21. The molecular weight excluding hydrogens is 515 g/mol. The van der Waals surface area contributed by atoms with E-state index in [1.165, 1.54) is 28.7 Å². The lowest BCUT2D eigenvalue weighted by Gasteiger charge is -2.33. The van der Waals surface area contributed by atoms with E-state index in [2.05, 4.69) is 48.3 Å². The highest BCUT2D eigenvalue weighted by molar-refractivity contribution is 14.0. The van der Waals surface area contributed by atoms with E-state index >= 15 is 0 Å². The molecule has 0 saturated carbocycles. The van der Waals surface area contributed by atoms with Gasteiger partial charge in [0.1, 0.15) is 0 Å². The first-order valence-corrected chi connectivity index (χ1v) is 12.0. The van der Waals surface area contributed by atoms with E-state index in [0.717, 1.165) is 57.9 Å². The second kappa shape index (κ2) is 11.4. The number of hydrogen-bond acceptors (Lipinski definition) is 6. The molecule has 2 N–H and O–H groups in total. The van der Waals surface area contributed by atoms with E-state index in [4.69, 9.17) is 4.98 Å². The lowest BCUT2D eigenvalue weighted by Crippen LogP contribution is -2.49. The van der Waals surface area contributed by atoms with Crippen molar-refractivity contribution in [2.24, 2.45) is 4.99 Å². The summed E-state index contributed by atoms with van der Waals surface area (Å²) < 4.78 is 0. The monoisotopic (exact) mass is 546 g/mol. The fourth-order valence-corrected chi connectivity index (χ4v) is 5.55. The minimum Gasteiger partial charge on any atom is -0.363 e. The third-order valence-corrected chi connectivity index (χ3v) is 7.35. The highest BCUT2D eigenvalue weighted by atomic mass is 127. The zero-order chi connectivity index (χ0) is 19.2. The average Bonchev–Trinajstić information content (AvgIpc) is 3.50. The lowest BCUT2D eigenvalue weighted by atomic mass is 10.1. The molecule has 2 aromatic heterocycles. The molecule has 4 heterocycles. The minimum atomic E-state index is 0. The van der Waals surface area contributed by atoms with Crippen LogP contribution in [0, 0.1) is 0 Å². The second-order valence-electron chi connectivity index (χ2n) is 7.42. The molecule has 0 spiro atoms. The van der Waals surface area contributed by atoms with Crippen LogP contribution in [0.3, 0.4) is 0 Å². The number of guanidine groups is 1. The predicted molar refractivity (Wildman–Crippen MR) is 137 cm³/mol. The van der Waals surface area contributed by atoms with Crippen LogP contribution in [0.4, 0.5) is 10.1 Å². The Balaban J connectivity index is 0.00000240. The largest absolute Gasteiger partial charge is 0.363 e. The van der Waals surface area contributed by atoms with Gasteiger partial charge in [0.15, 0.2) is 11.1 Å². The maximum Gasteiger partial charge on any atom is 0.191 e. The average molecular weight is 547 g/mol. The third-order valence-electron chi connectivity index (χ3n) is 5.47. The van der Waals surface area contributed by atoms with Crippen LogP contribution in [0.1, 0.15) is 31.4 Å². The number of rotatable bonds is 6. The van der Waals surface area contributed by atoms with E-state index in [-0.39, 0.29) is 24.0 Å². The first kappa shape index (κ1) is 22.6. The van der Waals surface area contributed by atoms with E-state index in [0.29, 0.717) is 6.04 Å². The zero-order valence-corrected chi connectivity index (χ0v) is 20.9. The van der Waals surface area contributed by atoms with Crippen molar-refractivity contribution < 1.29 is 0 Å². The quantitative estimate of drug-likeness (QED) is 0.328. The SMILES string of the molecule is CN=C(NCCc1csc(N2CCCC2)n1)NC1CCN(c2cccs2)CC1.I. The van der Waals surface area contributed by atoms with Crippen LogP contribution in [-0.2, 0) is 6.42 Å². The van der Waals surface area contributed by atoms with Crippen molar-refractivity contribution in [1.29, 1.82) is 0 Å². The van der Waals surface area contributed by atoms with Crippen molar-refractivity contribution in [3.63, 3.8) is 0 Å². The van der Waals surface area contributed by atoms with Crippen molar-refractivity contribution in [2.45, 2.75) is 38.1 Å². The summed E-state index contributed by atoms with van der Waals surface area (Å²) in [5, 5.41) is 14.0. The smallest absolute Gasteiger partial charge is 0.191 e. The van der Waals surface area contributed by atoms with E-state index in [1.54, 1.807) is 11.3 Å². The number of aliphatic imine (C=N–C) groups is 1. The number of piperidine rings is 1. The van der Waals surface area contributed by atoms with Crippen LogP contribution in [-0.4, -0.2) is 56.8 Å². The van der Waals surface area contributed by atoms with Crippen LogP contribution in [0.5, 0.6) is 0 Å². The number of halogens is 1. The molecule has 2 aromatic rings. The summed E-state index contributed by atoms with van der Waals surface area (Å²) in [6.45, 7) is 5.39. The lowest BCUT2D eigenvalue weighted by molar-refractivity contribution is 0.463. The Bertz CT molecular complexity index is 749. The van der Waals surface area contributed by atoms with Gasteiger partial charge in [-0.2, -0.15) is 0 Å². The van der Waals surface area contributed by atoms with Crippen molar-refractivity contribution in [2.75, 3.05) is 49.6 Å². The molecule has 0 atom stereocenters. The van der Waals surface area contributed by atoms with Gasteiger partial charge >= 0.3 is 0 Å².